The van der Waals surface area contributed by atoms with Crippen LogP contribution in [0.2, 0.25) is 0 Å². The van der Waals surface area contributed by atoms with Crippen molar-refractivity contribution in [1.29, 1.82) is 0 Å². The Labute approximate surface area is 184 Å². The molecule has 32 heavy (non-hydrogen) atoms. The van der Waals surface area contributed by atoms with Crippen LogP contribution >= 0.6 is 0 Å². The lowest BCUT2D eigenvalue weighted by molar-refractivity contribution is 0.631. The van der Waals surface area contributed by atoms with E-state index < -0.39 is 0 Å². The number of hydrogen-bond acceptors (Lipinski definition) is 2. The summed E-state index contributed by atoms with van der Waals surface area (Å²) in [6.07, 6.45) is 0. The fourth-order valence-corrected chi connectivity index (χ4v) is 4.67. The summed E-state index contributed by atoms with van der Waals surface area (Å²) in [5.41, 5.74) is 4.00. The van der Waals surface area contributed by atoms with E-state index in [2.05, 4.69) is 72.8 Å². The fraction of sp³-hybridized carbons (Fsp3) is 0. The summed E-state index contributed by atoms with van der Waals surface area (Å²) in [6.45, 7) is 0. The molecule has 0 saturated carbocycles. The molecule has 0 N–H and O–H groups in total. The Morgan fingerprint density at radius 1 is 0.375 bits per heavy atom. The van der Waals surface area contributed by atoms with Gasteiger partial charge in [-0.3, -0.25) is 0 Å². The summed E-state index contributed by atoms with van der Waals surface area (Å²) in [7, 11) is 0. The van der Waals surface area contributed by atoms with Gasteiger partial charge in [0.1, 0.15) is 22.7 Å². The van der Waals surface area contributed by atoms with Gasteiger partial charge in [0, 0.05) is 21.9 Å². The van der Waals surface area contributed by atoms with Crippen LogP contribution in [-0.4, -0.2) is 0 Å². The molecule has 0 unspecified atom stereocenters. The maximum atomic E-state index is 6.18. The van der Waals surface area contributed by atoms with E-state index in [1.165, 1.54) is 21.5 Å². The molecule has 0 atom stereocenters. The van der Waals surface area contributed by atoms with Crippen LogP contribution < -0.4 is 0 Å². The number of benzene rings is 5. The second kappa shape index (κ2) is 6.60. The van der Waals surface area contributed by atoms with Crippen molar-refractivity contribution in [3.8, 4) is 22.6 Å². The maximum absolute atomic E-state index is 6.18. The van der Waals surface area contributed by atoms with Gasteiger partial charge in [-0.2, -0.15) is 0 Å². The van der Waals surface area contributed by atoms with Crippen LogP contribution in [0, 0.1) is 0 Å². The second-order valence-corrected chi connectivity index (χ2v) is 8.20. The van der Waals surface area contributed by atoms with E-state index in [4.69, 9.17) is 8.83 Å². The zero-order valence-corrected chi connectivity index (χ0v) is 17.2. The van der Waals surface area contributed by atoms with E-state index >= 15 is 0 Å². The zero-order valence-electron chi connectivity index (χ0n) is 17.2. The summed E-state index contributed by atoms with van der Waals surface area (Å²) >= 11 is 0. The third-order valence-corrected chi connectivity index (χ3v) is 6.27. The molecule has 0 radical (unpaired) electrons. The van der Waals surface area contributed by atoms with Crippen molar-refractivity contribution >= 4 is 43.5 Å². The van der Waals surface area contributed by atoms with Crippen molar-refractivity contribution in [3.05, 3.63) is 109 Å². The van der Waals surface area contributed by atoms with E-state index in [0.29, 0.717) is 0 Å². The highest BCUT2D eigenvalue weighted by molar-refractivity contribution is 6.16. The van der Waals surface area contributed by atoms with Gasteiger partial charge < -0.3 is 8.83 Å². The van der Waals surface area contributed by atoms with Gasteiger partial charge in [0.05, 0.1) is 0 Å². The quantitative estimate of drug-likeness (QED) is 0.266. The highest BCUT2D eigenvalue weighted by atomic mass is 16.3. The van der Waals surface area contributed by atoms with Crippen LogP contribution in [0.15, 0.2) is 118 Å². The molecule has 0 fully saturated rings. The molecule has 0 aliphatic heterocycles. The largest absolute Gasteiger partial charge is 0.456 e. The average Bonchev–Trinajstić information content (AvgIpc) is 3.49. The third-order valence-electron chi connectivity index (χ3n) is 6.27. The van der Waals surface area contributed by atoms with Crippen LogP contribution in [-0.2, 0) is 0 Å². The smallest absolute Gasteiger partial charge is 0.135 e. The van der Waals surface area contributed by atoms with Gasteiger partial charge in [0.15, 0.2) is 0 Å². The molecule has 0 saturated heterocycles. The molecule has 0 amide bonds. The summed E-state index contributed by atoms with van der Waals surface area (Å²) < 4.78 is 12.4. The number of fused-ring (bicyclic) bond motifs is 6. The van der Waals surface area contributed by atoms with E-state index in [-0.39, 0.29) is 0 Å². The molecule has 150 valence electrons. The SMILES string of the molecule is c1ccc(-c2cc3c(ccc4cc5c(ccc6oc(-c7ccccc7)cc65)cc43)o2)cc1. The minimum atomic E-state index is 0.894. The normalized spacial score (nSPS) is 11.8. The Morgan fingerprint density at radius 3 is 1.25 bits per heavy atom. The molecule has 7 aromatic rings. The first-order valence-electron chi connectivity index (χ1n) is 10.8. The molecule has 2 nitrogen and oxygen atoms in total. The third kappa shape index (κ3) is 2.60. The Bertz CT molecular complexity index is 1620. The van der Waals surface area contributed by atoms with Gasteiger partial charge >= 0.3 is 0 Å². The van der Waals surface area contributed by atoms with Crippen molar-refractivity contribution in [2.75, 3.05) is 0 Å². The van der Waals surface area contributed by atoms with Crippen LogP contribution in [0.3, 0.4) is 0 Å². The van der Waals surface area contributed by atoms with Crippen LogP contribution in [0.1, 0.15) is 0 Å². The van der Waals surface area contributed by atoms with Crippen LogP contribution in [0.4, 0.5) is 0 Å². The molecule has 5 aromatic carbocycles. The number of rotatable bonds is 2. The first-order valence-corrected chi connectivity index (χ1v) is 10.8. The lowest BCUT2D eigenvalue weighted by atomic mass is 9.98. The molecule has 0 aliphatic carbocycles. The molecule has 2 aromatic heterocycles. The Balaban J connectivity index is 1.46. The average molecular weight is 410 g/mol. The maximum Gasteiger partial charge on any atom is 0.135 e. The molecule has 2 heterocycles. The topological polar surface area (TPSA) is 26.3 Å². The summed E-state index contributed by atoms with van der Waals surface area (Å²) in [5, 5.41) is 7.07. The molecular weight excluding hydrogens is 392 g/mol. The standard InChI is InChI=1S/C30H18O2/c1-3-7-19(8-4-1)29-17-25-23-15-22-12-14-28-26(18-30(32-28)20-9-5-2-6-10-20)24(22)16-21(23)11-13-27(25)31-29/h1-18H. The van der Waals surface area contributed by atoms with Gasteiger partial charge in [0.2, 0.25) is 0 Å². The van der Waals surface area contributed by atoms with Crippen molar-refractivity contribution in [2.45, 2.75) is 0 Å². The molecule has 0 bridgehead atoms. The lowest BCUT2D eigenvalue weighted by Gasteiger charge is -2.04. The Morgan fingerprint density at radius 2 is 0.812 bits per heavy atom. The van der Waals surface area contributed by atoms with Gasteiger partial charge in [-0.05, 0) is 57.9 Å². The summed E-state index contributed by atoms with van der Waals surface area (Å²) in [6, 6.07) is 37.8. The zero-order chi connectivity index (χ0) is 21.1. The van der Waals surface area contributed by atoms with Gasteiger partial charge in [-0.1, -0.05) is 72.8 Å². The van der Waals surface area contributed by atoms with E-state index in [1.54, 1.807) is 0 Å². The highest BCUT2D eigenvalue weighted by Crippen LogP contribution is 2.38. The van der Waals surface area contributed by atoms with E-state index in [0.717, 1.165) is 44.6 Å². The molecular formula is C30H18O2. The lowest BCUT2D eigenvalue weighted by Crippen LogP contribution is -1.78. The molecule has 0 spiro atoms. The van der Waals surface area contributed by atoms with Crippen LogP contribution in [0.5, 0.6) is 0 Å². The predicted molar refractivity (Wildman–Crippen MR) is 132 cm³/mol. The van der Waals surface area contributed by atoms with Crippen molar-refractivity contribution in [1.82, 2.24) is 0 Å². The summed E-state index contributed by atoms with van der Waals surface area (Å²) in [4.78, 5) is 0. The van der Waals surface area contributed by atoms with Crippen molar-refractivity contribution < 1.29 is 8.83 Å². The first kappa shape index (κ1) is 17.4. The van der Waals surface area contributed by atoms with E-state index in [9.17, 15) is 0 Å². The highest BCUT2D eigenvalue weighted by Gasteiger charge is 2.13. The molecule has 2 heteroatoms. The predicted octanol–water partition coefficient (Wildman–Crippen LogP) is 8.82. The Hall–Kier alpha value is -4.30. The second-order valence-electron chi connectivity index (χ2n) is 8.20. The fourth-order valence-electron chi connectivity index (χ4n) is 4.67. The summed E-state index contributed by atoms with van der Waals surface area (Å²) in [5.74, 6) is 1.79. The van der Waals surface area contributed by atoms with Gasteiger partial charge in [-0.25, -0.2) is 0 Å². The minimum Gasteiger partial charge on any atom is -0.456 e. The van der Waals surface area contributed by atoms with Gasteiger partial charge in [0.25, 0.3) is 0 Å². The van der Waals surface area contributed by atoms with E-state index in [1.807, 2.05) is 36.4 Å². The first-order chi connectivity index (χ1) is 15.8. The minimum absolute atomic E-state index is 0.894. The number of hydrogen-bond donors (Lipinski definition) is 0. The monoisotopic (exact) mass is 410 g/mol. The van der Waals surface area contributed by atoms with Crippen molar-refractivity contribution in [3.63, 3.8) is 0 Å². The number of furan rings is 2. The van der Waals surface area contributed by atoms with Gasteiger partial charge in [-0.15, -0.1) is 0 Å². The van der Waals surface area contributed by atoms with Crippen LogP contribution in [0.25, 0.3) is 66.1 Å². The van der Waals surface area contributed by atoms with Crippen molar-refractivity contribution in [2.24, 2.45) is 0 Å². The Kier molecular flexibility index (Phi) is 3.58. The molecule has 0 aliphatic rings. The molecule has 7 rings (SSSR count).